The zero-order valence-corrected chi connectivity index (χ0v) is 20.6. The Morgan fingerprint density at radius 1 is 1.24 bits per heavy atom. The van der Waals surface area contributed by atoms with Gasteiger partial charge in [0.05, 0.1) is 0 Å². The molecule has 0 aromatic heterocycles. The Bertz CT molecular complexity index is 838. The molecule has 1 amide bonds. The summed E-state index contributed by atoms with van der Waals surface area (Å²) in [5.74, 6) is -0.465. The number of amides is 1. The van der Waals surface area contributed by atoms with Crippen molar-refractivity contribution in [1.82, 2.24) is 5.32 Å². The maximum Gasteiger partial charge on any atom is 0.412 e. The highest BCUT2D eigenvalue weighted by molar-refractivity contribution is 5.70. The number of carbonyl (C=O) groups excluding carboxylic acids is 1. The zero-order chi connectivity index (χ0) is 24.2. The van der Waals surface area contributed by atoms with Crippen LogP contribution in [0.5, 0.6) is 5.75 Å². The molecular formula is C27H40N2O5. The lowest BCUT2D eigenvalue weighted by atomic mass is 9.80. The van der Waals surface area contributed by atoms with Crippen molar-refractivity contribution in [2.75, 3.05) is 0 Å². The third-order valence-electron chi connectivity index (χ3n) is 7.76. The molecule has 4 rings (SSSR count). The highest BCUT2D eigenvalue weighted by Gasteiger charge is 2.55. The third kappa shape index (κ3) is 5.82. The Kier molecular flexibility index (Phi) is 7.97. The number of ether oxygens (including phenoxy) is 2. The van der Waals surface area contributed by atoms with E-state index in [9.17, 15) is 4.79 Å². The maximum atomic E-state index is 12.3. The van der Waals surface area contributed by atoms with E-state index in [1.807, 2.05) is 37.3 Å². The van der Waals surface area contributed by atoms with Gasteiger partial charge in [-0.3, -0.25) is 0 Å². The molecule has 1 aromatic carbocycles. The van der Waals surface area contributed by atoms with Crippen molar-refractivity contribution < 1.29 is 24.0 Å². The number of allylic oxidation sites excluding steroid dienone is 1. The average Bonchev–Trinajstić information content (AvgIpc) is 3.15. The Morgan fingerprint density at radius 3 is 2.65 bits per heavy atom. The first-order valence-electron chi connectivity index (χ1n) is 12.9. The molecule has 1 aliphatic heterocycles. The number of nitrogens with two attached hydrogens (primary N) is 1. The number of carbonyl (C=O) groups is 1. The molecule has 0 radical (unpaired) electrons. The summed E-state index contributed by atoms with van der Waals surface area (Å²) in [4.78, 5) is 24.0. The van der Waals surface area contributed by atoms with Crippen molar-refractivity contribution in [1.29, 1.82) is 0 Å². The molecule has 1 unspecified atom stereocenters. The first kappa shape index (κ1) is 25.2. The monoisotopic (exact) mass is 472 g/mol. The summed E-state index contributed by atoms with van der Waals surface area (Å²) < 4.78 is 12.0. The Hall–Kier alpha value is -1.93. The number of rotatable bonds is 7. The van der Waals surface area contributed by atoms with Gasteiger partial charge in [0.2, 0.25) is 11.6 Å². The standard InChI is InChI=1S/C27H40N2O5/c1-4-7-21(5-2)26(3)32-27(34-33-26)17-6-8-20(18-27)19-9-15-24(16-10-19)31-25(30)29-23-13-11-22(28)12-14-23/h4,9-10,15-16,20-23H,1,5-8,11-14,17-18,28H2,2-3H3,(H,29,30)/t20-,21?,22?,23?,26-,27-/m1/s1. The molecule has 188 valence electrons. The Balaban J connectivity index is 1.33. The van der Waals surface area contributed by atoms with Crippen LogP contribution in [0, 0.1) is 5.92 Å². The highest BCUT2D eigenvalue weighted by Crippen LogP contribution is 2.50. The molecule has 34 heavy (non-hydrogen) atoms. The third-order valence-corrected chi connectivity index (χ3v) is 7.76. The van der Waals surface area contributed by atoms with Gasteiger partial charge in [0.15, 0.2) is 0 Å². The van der Waals surface area contributed by atoms with Crippen LogP contribution in [0.4, 0.5) is 4.79 Å². The van der Waals surface area contributed by atoms with E-state index in [0.717, 1.165) is 64.2 Å². The lowest BCUT2D eigenvalue weighted by Crippen LogP contribution is -2.42. The van der Waals surface area contributed by atoms with Gasteiger partial charge >= 0.3 is 6.09 Å². The molecule has 3 aliphatic rings. The first-order chi connectivity index (χ1) is 16.3. The predicted molar refractivity (Wildman–Crippen MR) is 130 cm³/mol. The van der Waals surface area contributed by atoms with Crippen molar-refractivity contribution >= 4 is 6.09 Å². The molecule has 2 aliphatic carbocycles. The molecule has 1 aromatic rings. The van der Waals surface area contributed by atoms with Crippen LogP contribution in [-0.4, -0.2) is 29.8 Å². The Labute approximate surface area is 203 Å². The van der Waals surface area contributed by atoms with Crippen LogP contribution in [0.1, 0.15) is 89.5 Å². The second-order valence-corrected chi connectivity index (χ2v) is 10.3. The quantitative estimate of drug-likeness (QED) is 0.391. The maximum absolute atomic E-state index is 12.3. The van der Waals surface area contributed by atoms with Crippen molar-refractivity contribution in [2.24, 2.45) is 11.7 Å². The minimum Gasteiger partial charge on any atom is -0.410 e. The lowest BCUT2D eigenvalue weighted by Gasteiger charge is -2.37. The minimum absolute atomic E-state index is 0.142. The number of benzene rings is 1. The van der Waals surface area contributed by atoms with Gasteiger partial charge in [-0.1, -0.05) is 25.1 Å². The molecule has 7 nitrogen and oxygen atoms in total. The first-order valence-corrected chi connectivity index (χ1v) is 12.9. The Morgan fingerprint density at radius 2 is 1.97 bits per heavy atom. The molecule has 1 spiro atoms. The van der Waals surface area contributed by atoms with Crippen LogP contribution in [0.15, 0.2) is 36.9 Å². The lowest BCUT2D eigenvalue weighted by molar-refractivity contribution is -0.359. The predicted octanol–water partition coefficient (Wildman–Crippen LogP) is 5.70. The van der Waals surface area contributed by atoms with Crippen LogP contribution >= 0.6 is 0 Å². The van der Waals surface area contributed by atoms with Crippen molar-refractivity contribution in [3.8, 4) is 5.75 Å². The van der Waals surface area contributed by atoms with E-state index in [0.29, 0.717) is 5.75 Å². The van der Waals surface area contributed by atoms with E-state index in [4.69, 9.17) is 25.0 Å². The summed E-state index contributed by atoms with van der Waals surface area (Å²) in [7, 11) is 0. The second kappa shape index (κ2) is 10.8. The van der Waals surface area contributed by atoms with E-state index < -0.39 is 17.7 Å². The SMILES string of the molecule is C=CCC(CC)[C@@]1(C)OO[C@@]2(CCC[C@@H](c3ccc(OC(=O)NC4CCC(N)CC4)cc3)C2)O1. The number of nitrogens with one attached hydrogen (secondary N) is 1. The summed E-state index contributed by atoms with van der Waals surface area (Å²) in [6.07, 6.45) is 10.5. The fourth-order valence-corrected chi connectivity index (χ4v) is 5.69. The van der Waals surface area contributed by atoms with Crippen LogP contribution in [0.25, 0.3) is 0 Å². The van der Waals surface area contributed by atoms with E-state index in [-0.39, 0.29) is 23.9 Å². The van der Waals surface area contributed by atoms with Crippen LogP contribution < -0.4 is 15.8 Å². The van der Waals surface area contributed by atoms with Gasteiger partial charge in [0, 0.05) is 30.8 Å². The molecule has 2 saturated carbocycles. The van der Waals surface area contributed by atoms with Crippen molar-refractivity contribution in [3.63, 3.8) is 0 Å². The molecule has 1 heterocycles. The van der Waals surface area contributed by atoms with E-state index in [1.54, 1.807) is 0 Å². The van der Waals surface area contributed by atoms with Crippen LogP contribution in [-0.2, 0) is 14.5 Å². The number of hydrogen-bond donors (Lipinski definition) is 2. The molecule has 1 saturated heterocycles. The summed E-state index contributed by atoms with van der Waals surface area (Å²) in [5.41, 5.74) is 7.13. The summed E-state index contributed by atoms with van der Waals surface area (Å²) in [6.45, 7) is 7.98. The molecule has 7 heteroatoms. The number of hydrogen-bond acceptors (Lipinski definition) is 6. The minimum atomic E-state index is -0.765. The smallest absolute Gasteiger partial charge is 0.410 e. The van der Waals surface area contributed by atoms with Crippen molar-refractivity contribution in [3.05, 3.63) is 42.5 Å². The van der Waals surface area contributed by atoms with E-state index >= 15 is 0 Å². The van der Waals surface area contributed by atoms with Crippen molar-refractivity contribution in [2.45, 2.75) is 108 Å². The second-order valence-electron chi connectivity index (χ2n) is 10.3. The highest BCUT2D eigenvalue weighted by atomic mass is 17.3. The zero-order valence-electron chi connectivity index (χ0n) is 20.6. The van der Waals surface area contributed by atoms with Gasteiger partial charge in [0.25, 0.3) is 0 Å². The van der Waals surface area contributed by atoms with Crippen LogP contribution in [0.2, 0.25) is 0 Å². The topological polar surface area (TPSA) is 92.0 Å². The summed E-state index contributed by atoms with van der Waals surface area (Å²) >= 11 is 0. The fraction of sp³-hybridized carbons (Fsp3) is 0.667. The normalized spacial score (nSPS) is 34.5. The van der Waals surface area contributed by atoms with Gasteiger partial charge in [-0.2, -0.15) is 9.78 Å². The largest absolute Gasteiger partial charge is 0.412 e. The van der Waals surface area contributed by atoms with Crippen LogP contribution in [0.3, 0.4) is 0 Å². The average molecular weight is 473 g/mol. The molecule has 3 fully saturated rings. The van der Waals surface area contributed by atoms with Gasteiger partial charge in [-0.25, -0.2) is 4.79 Å². The van der Waals surface area contributed by atoms with E-state index in [2.05, 4.69) is 18.8 Å². The molecular weight excluding hydrogens is 432 g/mol. The van der Waals surface area contributed by atoms with Gasteiger partial charge in [-0.15, -0.1) is 6.58 Å². The molecule has 4 atom stereocenters. The summed E-state index contributed by atoms with van der Waals surface area (Å²) in [6, 6.07) is 8.19. The van der Waals surface area contributed by atoms with Gasteiger partial charge in [0.1, 0.15) is 5.75 Å². The molecule has 3 N–H and O–H groups in total. The van der Waals surface area contributed by atoms with Gasteiger partial charge < -0.3 is 20.5 Å². The summed E-state index contributed by atoms with van der Waals surface area (Å²) in [5, 5.41) is 2.96. The molecule has 0 bridgehead atoms. The fourth-order valence-electron chi connectivity index (χ4n) is 5.69. The van der Waals surface area contributed by atoms with E-state index in [1.165, 1.54) is 5.56 Å². The van der Waals surface area contributed by atoms with Gasteiger partial charge in [-0.05, 0) is 81.9 Å².